The number of nitrogens with zero attached hydrogens (tertiary/aromatic N) is 1. The summed E-state index contributed by atoms with van der Waals surface area (Å²) < 4.78 is 5.55. The summed E-state index contributed by atoms with van der Waals surface area (Å²) in [5, 5.41) is 0. The minimum Gasteiger partial charge on any atom is -0.468 e. The average Bonchev–Trinajstić information content (AvgIpc) is 2.86. The highest BCUT2D eigenvalue weighted by molar-refractivity contribution is 5.05. The number of piperidine rings is 1. The van der Waals surface area contributed by atoms with E-state index in [4.69, 9.17) is 10.2 Å². The molecule has 0 spiro atoms. The summed E-state index contributed by atoms with van der Waals surface area (Å²) in [6, 6.07) is 4.54. The van der Waals surface area contributed by atoms with Crippen molar-refractivity contribution >= 4 is 0 Å². The maximum absolute atomic E-state index is 5.63. The van der Waals surface area contributed by atoms with Gasteiger partial charge < -0.3 is 10.2 Å². The van der Waals surface area contributed by atoms with Crippen LogP contribution in [0.1, 0.15) is 44.4 Å². The number of likely N-dealkylation sites (tertiary alicyclic amines) is 1. The first-order valence-electron chi connectivity index (χ1n) is 6.82. The zero-order chi connectivity index (χ0) is 12.1. The first kappa shape index (κ1) is 12.7. The summed E-state index contributed by atoms with van der Waals surface area (Å²) in [5.41, 5.74) is 5.63. The van der Waals surface area contributed by atoms with Crippen molar-refractivity contribution in [2.45, 2.75) is 38.6 Å². The van der Waals surface area contributed by atoms with Gasteiger partial charge in [0.1, 0.15) is 5.76 Å². The lowest BCUT2D eigenvalue weighted by atomic mass is 9.92. The van der Waals surface area contributed by atoms with Gasteiger partial charge in [0, 0.05) is 0 Å². The molecule has 1 atom stereocenters. The Hall–Kier alpha value is -0.800. The van der Waals surface area contributed by atoms with E-state index < -0.39 is 0 Å². The van der Waals surface area contributed by atoms with Crippen molar-refractivity contribution in [3.8, 4) is 0 Å². The Balaban J connectivity index is 1.90. The molecule has 1 saturated heterocycles. The molecule has 0 amide bonds. The minimum absolute atomic E-state index is 0.462. The molecule has 2 N–H and O–H groups in total. The third-order valence-corrected chi connectivity index (χ3v) is 3.92. The van der Waals surface area contributed by atoms with E-state index in [-0.39, 0.29) is 0 Å². The molecule has 1 aromatic rings. The highest BCUT2D eigenvalue weighted by Gasteiger charge is 2.25. The summed E-state index contributed by atoms with van der Waals surface area (Å²) in [5.74, 6) is 1.95. The van der Waals surface area contributed by atoms with Crippen molar-refractivity contribution in [3.63, 3.8) is 0 Å². The van der Waals surface area contributed by atoms with Crippen molar-refractivity contribution < 1.29 is 4.42 Å². The van der Waals surface area contributed by atoms with E-state index in [1.54, 1.807) is 6.26 Å². The van der Waals surface area contributed by atoms with Crippen LogP contribution in [0.25, 0.3) is 0 Å². The van der Waals surface area contributed by atoms with Gasteiger partial charge in [-0.1, -0.05) is 6.92 Å². The Bertz CT molecular complexity index is 302. The van der Waals surface area contributed by atoms with Gasteiger partial charge in [-0.15, -0.1) is 0 Å². The third kappa shape index (κ3) is 3.11. The molecule has 3 nitrogen and oxygen atoms in total. The molecule has 2 rings (SSSR count). The van der Waals surface area contributed by atoms with Gasteiger partial charge in [0.05, 0.1) is 12.3 Å². The van der Waals surface area contributed by atoms with E-state index in [9.17, 15) is 0 Å². The van der Waals surface area contributed by atoms with Crippen LogP contribution in [0.5, 0.6) is 0 Å². The van der Waals surface area contributed by atoms with Crippen molar-refractivity contribution in [2.24, 2.45) is 11.7 Å². The molecule has 1 aromatic heterocycles. The highest BCUT2D eigenvalue weighted by atomic mass is 16.3. The van der Waals surface area contributed by atoms with Crippen molar-refractivity contribution in [2.75, 3.05) is 19.6 Å². The second kappa shape index (κ2) is 6.22. The number of hydrogen-bond donors (Lipinski definition) is 1. The van der Waals surface area contributed by atoms with Crippen molar-refractivity contribution in [1.82, 2.24) is 4.90 Å². The van der Waals surface area contributed by atoms with E-state index in [2.05, 4.69) is 17.9 Å². The molecular formula is C14H24N2O. The summed E-state index contributed by atoms with van der Waals surface area (Å²) >= 11 is 0. The number of hydrogen-bond acceptors (Lipinski definition) is 3. The fourth-order valence-corrected chi connectivity index (χ4v) is 2.91. The third-order valence-electron chi connectivity index (χ3n) is 3.92. The van der Waals surface area contributed by atoms with Crippen LogP contribution in [0.2, 0.25) is 0 Å². The Kier molecular flexibility index (Phi) is 4.63. The van der Waals surface area contributed by atoms with Gasteiger partial charge in [0.25, 0.3) is 0 Å². The molecule has 0 saturated carbocycles. The van der Waals surface area contributed by atoms with Gasteiger partial charge in [0.2, 0.25) is 0 Å². The fraction of sp³-hybridized carbons (Fsp3) is 0.714. The highest BCUT2D eigenvalue weighted by Crippen LogP contribution is 2.30. The quantitative estimate of drug-likeness (QED) is 0.854. The SMILES string of the molecule is CCC(c1ccco1)N1CCC(CCN)CC1. The molecule has 17 heavy (non-hydrogen) atoms. The van der Waals surface area contributed by atoms with Gasteiger partial charge in [0.15, 0.2) is 0 Å². The van der Waals surface area contributed by atoms with Gasteiger partial charge in [-0.2, -0.15) is 0 Å². The zero-order valence-electron chi connectivity index (χ0n) is 10.8. The molecule has 0 aliphatic carbocycles. The summed E-state index contributed by atoms with van der Waals surface area (Å²) in [4.78, 5) is 2.56. The average molecular weight is 236 g/mol. The maximum atomic E-state index is 5.63. The Morgan fingerprint density at radius 1 is 1.47 bits per heavy atom. The standard InChI is InChI=1S/C14H24N2O/c1-2-13(14-4-3-11-17-14)16-9-6-12(5-8-15)7-10-16/h3-4,11-13H,2,5-10,15H2,1H3. The maximum Gasteiger partial charge on any atom is 0.120 e. The predicted molar refractivity (Wildman–Crippen MR) is 69.7 cm³/mol. The van der Waals surface area contributed by atoms with Gasteiger partial charge in [-0.05, 0) is 63.4 Å². The normalized spacial score (nSPS) is 20.6. The first-order chi connectivity index (χ1) is 8.35. The number of rotatable bonds is 5. The molecule has 0 radical (unpaired) electrons. The van der Waals surface area contributed by atoms with Crippen LogP contribution in [0, 0.1) is 5.92 Å². The lowest BCUT2D eigenvalue weighted by Crippen LogP contribution is -2.36. The Morgan fingerprint density at radius 3 is 2.76 bits per heavy atom. The van der Waals surface area contributed by atoms with Crippen molar-refractivity contribution in [1.29, 1.82) is 0 Å². The minimum atomic E-state index is 0.462. The lowest BCUT2D eigenvalue weighted by Gasteiger charge is -2.36. The smallest absolute Gasteiger partial charge is 0.120 e. The van der Waals surface area contributed by atoms with Crippen LogP contribution in [0.4, 0.5) is 0 Å². The Morgan fingerprint density at radius 2 is 2.24 bits per heavy atom. The summed E-state index contributed by atoms with van der Waals surface area (Å²) in [6.07, 6.45) is 6.66. The predicted octanol–water partition coefficient (Wildman–Crippen LogP) is 2.79. The Labute approximate surface area is 104 Å². The van der Waals surface area contributed by atoms with Crippen LogP contribution in [-0.4, -0.2) is 24.5 Å². The molecule has 1 fully saturated rings. The van der Waals surface area contributed by atoms with E-state index >= 15 is 0 Å². The number of furan rings is 1. The van der Waals surface area contributed by atoms with Crippen LogP contribution < -0.4 is 5.73 Å². The van der Waals surface area contributed by atoms with Crippen LogP contribution in [0.3, 0.4) is 0 Å². The molecule has 2 heterocycles. The number of nitrogens with two attached hydrogens (primary N) is 1. The molecular weight excluding hydrogens is 212 g/mol. The van der Waals surface area contributed by atoms with E-state index in [1.165, 1.54) is 32.4 Å². The topological polar surface area (TPSA) is 42.4 Å². The van der Waals surface area contributed by atoms with Gasteiger partial charge in [-0.25, -0.2) is 0 Å². The molecule has 1 unspecified atom stereocenters. The molecule has 96 valence electrons. The van der Waals surface area contributed by atoms with Crippen LogP contribution in [-0.2, 0) is 0 Å². The molecule has 1 aliphatic rings. The second-order valence-electron chi connectivity index (χ2n) is 5.00. The van der Waals surface area contributed by atoms with Crippen molar-refractivity contribution in [3.05, 3.63) is 24.2 Å². The summed E-state index contributed by atoms with van der Waals surface area (Å²) in [7, 11) is 0. The van der Waals surface area contributed by atoms with E-state index in [1.807, 2.05) is 6.07 Å². The molecule has 0 aromatic carbocycles. The van der Waals surface area contributed by atoms with E-state index in [0.717, 1.165) is 24.6 Å². The summed E-state index contributed by atoms with van der Waals surface area (Å²) in [6.45, 7) is 5.44. The molecule has 3 heteroatoms. The monoisotopic (exact) mass is 236 g/mol. The largest absolute Gasteiger partial charge is 0.468 e. The van der Waals surface area contributed by atoms with Crippen LogP contribution in [0.15, 0.2) is 22.8 Å². The molecule has 0 bridgehead atoms. The van der Waals surface area contributed by atoms with Crippen LogP contribution >= 0.6 is 0 Å². The fourth-order valence-electron chi connectivity index (χ4n) is 2.91. The molecule has 1 aliphatic heterocycles. The lowest BCUT2D eigenvalue weighted by molar-refractivity contribution is 0.113. The van der Waals surface area contributed by atoms with Gasteiger partial charge in [-0.3, -0.25) is 4.90 Å². The van der Waals surface area contributed by atoms with E-state index in [0.29, 0.717) is 6.04 Å². The zero-order valence-corrected chi connectivity index (χ0v) is 10.8. The second-order valence-corrected chi connectivity index (χ2v) is 5.00. The first-order valence-corrected chi connectivity index (χ1v) is 6.82. The van der Waals surface area contributed by atoms with Gasteiger partial charge >= 0.3 is 0 Å².